The van der Waals surface area contributed by atoms with Gasteiger partial charge in [-0.1, -0.05) is 0 Å². The van der Waals surface area contributed by atoms with Crippen LogP contribution in [0.3, 0.4) is 0 Å². The zero-order valence-corrected chi connectivity index (χ0v) is 10.2. The van der Waals surface area contributed by atoms with E-state index in [1.165, 1.54) is 0 Å². The molecular formula is C9H15ClO3S. The van der Waals surface area contributed by atoms with E-state index in [1.54, 1.807) is 25.6 Å². The Morgan fingerprint density at radius 1 is 1.79 bits per heavy atom. The summed E-state index contributed by atoms with van der Waals surface area (Å²) >= 11 is 7.33. The molecule has 0 aromatic carbocycles. The average molecular weight is 239 g/mol. The van der Waals surface area contributed by atoms with Crippen LogP contribution in [0.15, 0.2) is 0 Å². The number of alkyl halides is 1. The van der Waals surface area contributed by atoms with Crippen LogP contribution in [0.2, 0.25) is 0 Å². The fourth-order valence-electron chi connectivity index (χ4n) is 1.25. The molecule has 1 aliphatic rings. The van der Waals surface area contributed by atoms with Gasteiger partial charge in [0.1, 0.15) is 5.38 Å². The second-order valence-electron chi connectivity index (χ2n) is 3.61. The van der Waals surface area contributed by atoms with Crippen molar-refractivity contribution >= 4 is 29.3 Å². The van der Waals surface area contributed by atoms with E-state index in [4.69, 9.17) is 21.1 Å². The molecule has 3 atom stereocenters. The number of thioether (sulfide) groups is 1. The molecule has 5 heteroatoms. The second-order valence-corrected chi connectivity index (χ2v) is 5.30. The molecule has 1 heterocycles. The molecule has 1 saturated heterocycles. The van der Waals surface area contributed by atoms with E-state index in [1.807, 2.05) is 6.92 Å². The first kappa shape index (κ1) is 12.1. The lowest BCUT2D eigenvalue weighted by Crippen LogP contribution is -2.45. The smallest absolute Gasteiger partial charge is 0.326 e. The largest absolute Gasteiger partial charge is 0.431 e. The minimum atomic E-state index is -0.817. The summed E-state index contributed by atoms with van der Waals surface area (Å²) in [6.45, 7) is 5.32. The van der Waals surface area contributed by atoms with Gasteiger partial charge in [-0.05, 0) is 13.8 Å². The molecule has 0 bridgehead atoms. The third kappa shape index (κ3) is 3.33. The van der Waals surface area contributed by atoms with Gasteiger partial charge < -0.3 is 9.47 Å². The van der Waals surface area contributed by atoms with Gasteiger partial charge in [0.25, 0.3) is 0 Å². The third-order valence-corrected chi connectivity index (χ3v) is 3.42. The maximum Gasteiger partial charge on any atom is 0.326 e. The predicted octanol–water partition coefficient (Wildman–Crippen LogP) is 2.02. The van der Waals surface area contributed by atoms with Gasteiger partial charge in [-0.15, -0.1) is 11.6 Å². The number of rotatable bonds is 2. The molecule has 82 valence electrons. The highest BCUT2D eigenvalue weighted by atomic mass is 35.5. The van der Waals surface area contributed by atoms with Crippen molar-refractivity contribution in [3.8, 4) is 0 Å². The number of hydrogen-bond donors (Lipinski definition) is 0. The first-order chi connectivity index (χ1) is 6.43. The Bertz CT molecular complexity index is 222. The maximum atomic E-state index is 11.3. The van der Waals surface area contributed by atoms with Gasteiger partial charge in [0.2, 0.25) is 5.79 Å². The van der Waals surface area contributed by atoms with E-state index >= 15 is 0 Å². The van der Waals surface area contributed by atoms with Gasteiger partial charge in [-0.2, -0.15) is 11.8 Å². The van der Waals surface area contributed by atoms with E-state index in [0.717, 1.165) is 5.75 Å². The van der Waals surface area contributed by atoms with Gasteiger partial charge in [0.05, 0.1) is 11.9 Å². The number of halogens is 1. The van der Waals surface area contributed by atoms with Crippen LogP contribution in [0, 0.1) is 0 Å². The minimum Gasteiger partial charge on any atom is -0.431 e. The third-order valence-electron chi connectivity index (χ3n) is 1.81. The SMILES string of the molecule is CC1CSCC(C)(OC(=O)C(C)Cl)O1. The quantitative estimate of drug-likeness (QED) is 0.545. The molecule has 0 aromatic heterocycles. The molecule has 0 radical (unpaired) electrons. The predicted molar refractivity (Wildman–Crippen MR) is 57.7 cm³/mol. The molecule has 0 aliphatic carbocycles. The number of hydrogen-bond acceptors (Lipinski definition) is 4. The standard InChI is InChI=1S/C9H15ClO3S/c1-6-4-14-5-9(3,12-6)13-8(11)7(2)10/h6-7H,4-5H2,1-3H3. The summed E-state index contributed by atoms with van der Waals surface area (Å²) in [6.07, 6.45) is 0.109. The lowest BCUT2D eigenvalue weighted by Gasteiger charge is -2.36. The summed E-state index contributed by atoms with van der Waals surface area (Å²) in [5.41, 5.74) is 0. The fraction of sp³-hybridized carbons (Fsp3) is 0.889. The van der Waals surface area contributed by atoms with E-state index in [0.29, 0.717) is 5.75 Å². The van der Waals surface area contributed by atoms with Crippen LogP contribution in [0.5, 0.6) is 0 Å². The van der Waals surface area contributed by atoms with Gasteiger partial charge in [-0.25, -0.2) is 0 Å². The van der Waals surface area contributed by atoms with Crippen LogP contribution in [-0.4, -0.2) is 34.7 Å². The Balaban J connectivity index is 2.52. The van der Waals surface area contributed by atoms with Gasteiger partial charge >= 0.3 is 5.97 Å². The number of carbonyl (C=O) groups is 1. The van der Waals surface area contributed by atoms with Crippen LogP contribution in [0.1, 0.15) is 20.8 Å². The van der Waals surface area contributed by atoms with E-state index in [-0.39, 0.29) is 6.10 Å². The normalized spacial score (nSPS) is 35.0. The molecule has 0 N–H and O–H groups in total. The lowest BCUT2D eigenvalue weighted by atomic mass is 10.3. The van der Waals surface area contributed by atoms with Crippen LogP contribution < -0.4 is 0 Å². The Morgan fingerprint density at radius 2 is 2.43 bits per heavy atom. The maximum absolute atomic E-state index is 11.3. The molecule has 0 saturated carbocycles. The van der Waals surface area contributed by atoms with Gasteiger partial charge in [0, 0.05) is 12.7 Å². The van der Waals surface area contributed by atoms with Crippen molar-refractivity contribution in [2.75, 3.05) is 11.5 Å². The molecule has 1 aliphatic heterocycles. The topological polar surface area (TPSA) is 35.5 Å². The van der Waals surface area contributed by atoms with E-state index < -0.39 is 17.1 Å². The first-order valence-corrected chi connectivity index (χ1v) is 6.14. The summed E-state index contributed by atoms with van der Waals surface area (Å²) in [4.78, 5) is 11.3. The number of esters is 1. The summed E-state index contributed by atoms with van der Waals surface area (Å²) in [7, 11) is 0. The van der Waals surface area contributed by atoms with Crippen LogP contribution in [-0.2, 0) is 14.3 Å². The van der Waals surface area contributed by atoms with Crippen LogP contribution in [0.25, 0.3) is 0 Å². The fourth-order valence-corrected chi connectivity index (χ4v) is 2.31. The van der Waals surface area contributed by atoms with Crippen molar-refractivity contribution in [3.05, 3.63) is 0 Å². The zero-order valence-electron chi connectivity index (χ0n) is 8.58. The molecule has 3 nitrogen and oxygen atoms in total. The highest BCUT2D eigenvalue weighted by Gasteiger charge is 2.36. The van der Waals surface area contributed by atoms with Crippen LogP contribution >= 0.6 is 23.4 Å². The Hall–Kier alpha value is 0.0700. The number of ether oxygens (including phenoxy) is 2. The van der Waals surface area contributed by atoms with Crippen molar-refractivity contribution in [2.24, 2.45) is 0 Å². The summed E-state index contributed by atoms with van der Waals surface area (Å²) in [6, 6.07) is 0. The van der Waals surface area contributed by atoms with Gasteiger partial charge in [-0.3, -0.25) is 4.79 Å². The summed E-state index contributed by atoms with van der Waals surface area (Å²) in [5.74, 6) is 0.350. The molecule has 1 rings (SSSR count). The molecular weight excluding hydrogens is 224 g/mol. The molecule has 0 amide bonds. The zero-order chi connectivity index (χ0) is 10.8. The van der Waals surface area contributed by atoms with Gasteiger partial charge in [0.15, 0.2) is 0 Å². The summed E-state index contributed by atoms with van der Waals surface area (Å²) in [5, 5.41) is -0.627. The average Bonchev–Trinajstić information content (AvgIpc) is 2.02. The monoisotopic (exact) mass is 238 g/mol. The van der Waals surface area contributed by atoms with Crippen molar-refractivity contribution in [1.82, 2.24) is 0 Å². The van der Waals surface area contributed by atoms with Crippen molar-refractivity contribution in [3.63, 3.8) is 0 Å². The lowest BCUT2D eigenvalue weighted by molar-refractivity contribution is -0.226. The second kappa shape index (κ2) is 4.73. The highest BCUT2D eigenvalue weighted by molar-refractivity contribution is 7.99. The molecule has 3 unspecified atom stereocenters. The van der Waals surface area contributed by atoms with Crippen molar-refractivity contribution in [1.29, 1.82) is 0 Å². The van der Waals surface area contributed by atoms with Crippen molar-refractivity contribution in [2.45, 2.75) is 38.0 Å². The summed E-state index contributed by atoms with van der Waals surface area (Å²) < 4.78 is 10.8. The molecule has 0 aromatic rings. The van der Waals surface area contributed by atoms with E-state index in [2.05, 4.69) is 0 Å². The number of carbonyl (C=O) groups excluding carboxylic acids is 1. The highest BCUT2D eigenvalue weighted by Crippen LogP contribution is 2.28. The molecule has 1 fully saturated rings. The first-order valence-electron chi connectivity index (χ1n) is 4.55. The van der Waals surface area contributed by atoms with Crippen molar-refractivity contribution < 1.29 is 14.3 Å². The Morgan fingerprint density at radius 3 is 2.93 bits per heavy atom. The Labute approximate surface area is 93.5 Å². The van der Waals surface area contributed by atoms with E-state index in [9.17, 15) is 4.79 Å². The molecule has 14 heavy (non-hydrogen) atoms. The Kier molecular flexibility index (Phi) is 4.10. The molecule has 0 spiro atoms. The van der Waals surface area contributed by atoms with Crippen LogP contribution in [0.4, 0.5) is 0 Å². The minimum absolute atomic E-state index is 0.109.